The molecule has 0 bridgehead atoms. The van der Waals surface area contributed by atoms with E-state index >= 15 is 0 Å². The van der Waals surface area contributed by atoms with E-state index in [1.54, 1.807) is 6.07 Å². The monoisotopic (exact) mass is 311 g/mol. The Morgan fingerprint density at radius 3 is 2.67 bits per heavy atom. The van der Waals surface area contributed by atoms with Crippen LogP contribution in [0.15, 0.2) is 24.3 Å². The normalized spacial score (nSPS) is 16.9. The Balaban J connectivity index is 1.95. The summed E-state index contributed by atoms with van der Waals surface area (Å²) in [5.41, 5.74) is 0.860. The second kappa shape index (κ2) is 7.64. The van der Waals surface area contributed by atoms with E-state index in [0.717, 1.165) is 38.4 Å². The number of carboxylic acids is 1. The van der Waals surface area contributed by atoms with E-state index in [9.17, 15) is 4.79 Å². The van der Waals surface area contributed by atoms with Crippen molar-refractivity contribution in [3.63, 3.8) is 0 Å². The molecule has 1 heterocycles. The molecule has 1 aliphatic heterocycles. The van der Waals surface area contributed by atoms with Crippen LogP contribution in [0.2, 0.25) is 5.02 Å². The molecule has 116 valence electrons. The van der Waals surface area contributed by atoms with E-state index in [0.29, 0.717) is 11.6 Å². The first-order chi connectivity index (χ1) is 10.0. The standard InChI is InChI=1S/C15H22ClN3O2/c1-17-5-7-18(8-6-17)9-10-19(12-15(20)21)14-4-2-3-13(16)11-14/h2-4,11H,5-10,12H2,1H3,(H,20,21). The minimum Gasteiger partial charge on any atom is -0.480 e. The van der Waals surface area contributed by atoms with Gasteiger partial charge in [0.1, 0.15) is 6.54 Å². The Hall–Kier alpha value is -1.30. The number of benzene rings is 1. The molecule has 0 aromatic heterocycles. The summed E-state index contributed by atoms with van der Waals surface area (Å²) in [6.07, 6.45) is 0. The maximum Gasteiger partial charge on any atom is 0.323 e. The van der Waals surface area contributed by atoms with Gasteiger partial charge in [0.2, 0.25) is 0 Å². The zero-order valence-electron chi connectivity index (χ0n) is 12.3. The van der Waals surface area contributed by atoms with Gasteiger partial charge in [-0.05, 0) is 25.2 Å². The van der Waals surface area contributed by atoms with Gasteiger partial charge in [-0.25, -0.2) is 0 Å². The maximum atomic E-state index is 11.1. The number of carboxylic acid groups (broad SMARTS) is 1. The van der Waals surface area contributed by atoms with Crippen molar-refractivity contribution in [2.24, 2.45) is 0 Å². The molecule has 0 saturated carbocycles. The molecule has 6 heteroatoms. The zero-order valence-corrected chi connectivity index (χ0v) is 13.1. The number of rotatable bonds is 6. The molecular weight excluding hydrogens is 290 g/mol. The molecular formula is C15H22ClN3O2. The molecule has 21 heavy (non-hydrogen) atoms. The summed E-state index contributed by atoms with van der Waals surface area (Å²) < 4.78 is 0. The van der Waals surface area contributed by atoms with Crippen LogP contribution in [-0.2, 0) is 4.79 Å². The highest BCUT2D eigenvalue weighted by molar-refractivity contribution is 6.30. The Morgan fingerprint density at radius 2 is 2.05 bits per heavy atom. The van der Waals surface area contributed by atoms with Crippen molar-refractivity contribution in [1.29, 1.82) is 0 Å². The molecule has 1 saturated heterocycles. The topological polar surface area (TPSA) is 47.0 Å². The average Bonchev–Trinajstić information content (AvgIpc) is 2.45. The van der Waals surface area contributed by atoms with Gasteiger partial charge in [-0.15, -0.1) is 0 Å². The SMILES string of the molecule is CN1CCN(CCN(CC(=O)O)c2cccc(Cl)c2)CC1. The van der Waals surface area contributed by atoms with Gasteiger partial charge >= 0.3 is 5.97 Å². The highest BCUT2D eigenvalue weighted by atomic mass is 35.5. The fraction of sp³-hybridized carbons (Fsp3) is 0.533. The molecule has 2 rings (SSSR count). The zero-order chi connectivity index (χ0) is 15.2. The van der Waals surface area contributed by atoms with Gasteiger partial charge in [0.05, 0.1) is 0 Å². The lowest BCUT2D eigenvalue weighted by Crippen LogP contribution is -2.47. The quantitative estimate of drug-likeness (QED) is 0.862. The fourth-order valence-electron chi connectivity index (χ4n) is 2.47. The number of halogens is 1. The van der Waals surface area contributed by atoms with Crippen LogP contribution in [0.25, 0.3) is 0 Å². The molecule has 0 amide bonds. The second-order valence-electron chi connectivity index (χ2n) is 5.44. The number of piperazine rings is 1. The van der Waals surface area contributed by atoms with Crippen molar-refractivity contribution in [3.8, 4) is 0 Å². The molecule has 0 spiro atoms. The van der Waals surface area contributed by atoms with Gasteiger partial charge < -0.3 is 14.9 Å². The summed E-state index contributed by atoms with van der Waals surface area (Å²) in [5, 5.41) is 9.72. The lowest BCUT2D eigenvalue weighted by molar-refractivity contribution is -0.135. The molecule has 1 N–H and O–H groups in total. The first-order valence-corrected chi connectivity index (χ1v) is 7.55. The van der Waals surface area contributed by atoms with E-state index in [2.05, 4.69) is 16.8 Å². The Labute approximate surface area is 130 Å². The van der Waals surface area contributed by atoms with Crippen LogP contribution in [0.1, 0.15) is 0 Å². The lowest BCUT2D eigenvalue weighted by Gasteiger charge is -2.34. The van der Waals surface area contributed by atoms with Gasteiger partial charge in [0.15, 0.2) is 0 Å². The number of anilines is 1. The molecule has 5 nitrogen and oxygen atoms in total. The number of carbonyl (C=O) groups is 1. The summed E-state index contributed by atoms with van der Waals surface area (Å²) in [4.78, 5) is 17.6. The van der Waals surface area contributed by atoms with Crippen molar-refractivity contribution < 1.29 is 9.90 Å². The highest BCUT2D eigenvalue weighted by Crippen LogP contribution is 2.19. The molecule has 1 aromatic rings. The number of hydrogen-bond acceptors (Lipinski definition) is 4. The summed E-state index contributed by atoms with van der Waals surface area (Å²) in [6.45, 7) is 5.75. The Bertz CT molecular complexity index is 476. The predicted octanol–water partition coefficient (Wildman–Crippen LogP) is 1.48. The summed E-state index contributed by atoms with van der Waals surface area (Å²) in [7, 11) is 2.13. The van der Waals surface area contributed by atoms with Crippen molar-refractivity contribution in [3.05, 3.63) is 29.3 Å². The first kappa shape index (κ1) is 16.1. The Kier molecular flexibility index (Phi) is 5.85. The molecule has 1 fully saturated rings. The maximum absolute atomic E-state index is 11.1. The fourth-order valence-corrected chi connectivity index (χ4v) is 2.65. The van der Waals surface area contributed by atoms with Crippen molar-refractivity contribution in [2.75, 3.05) is 57.8 Å². The number of aliphatic carboxylic acids is 1. The first-order valence-electron chi connectivity index (χ1n) is 7.18. The number of nitrogens with zero attached hydrogens (tertiary/aromatic N) is 3. The highest BCUT2D eigenvalue weighted by Gasteiger charge is 2.16. The smallest absolute Gasteiger partial charge is 0.323 e. The molecule has 0 atom stereocenters. The van der Waals surface area contributed by atoms with Gasteiger partial charge in [0, 0.05) is 50.0 Å². The number of likely N-dealkylation sites (N-methyl/N-ethyl adjacent to an activating group) is 1. The third kappa shape index (κ3) is 5.19. The summed E-state index contributed by atoms with van der Waals surface area (Å²) >= 11 is 6.00. The van der Waals surface area contributed by atoms with Crippen molar-refractivity contribution >= 4 is 23.3 Å². The molecule has 0 unspecified atom stereocenters. The largest absolute Gasteiger partial charge is 0.480 e. The molecule has 0 radical (unpaired) electrons. The Morgan fingerprint density at radius 1 is 1.33 bits per heavy atom. The van der Waals surface area contributed by atoms with Gasteiger partial charge in [-0.1, -0.05) is 17.7 Å². The van der Waals surface area contributed by atoms with Crippen molar-refractivity contribution in [2.45, 2.75) is 0 Å². The molecule has 1 aromatic carbocycles. The van der Waals surface area contributed by atoms with E-state index in [1.165, 1.54) is 0 Å². The summed E-state index contributed by atoms with van der Waals surface area (Å²) in [5.74, 6) is -0.826. The minimum absolute atomic E-state index is 0.00587. The molecule has 0 aliphatic carbocycles. The van der Waals surface area contributed by atoms with Crippen LogP contribution in [-0.4, -0.2) is 73.7 Å². The van der Waals surface area contributed by atoms with E-state index in [1.807, 2.05) is 23.1 Å². The van der Waals surface area contributed by atoms with Crippen LogP contribution in [0, 0.1) is 0 Å². The third-order valence-electron chi connectivity index (χ3n) is 3.78. The summed E-state index contributed by atoms with van der Waals surface area (Å²) in [6, 6.07) is 7.36. The van der Waals surface area contributed by atoms with Crippen LogP contribution >= 0.6 is 11.6 Å². The van der Waals surface area contributed by atoms with Crippen LogP contribution in [0.4, 0.5) is 5.69 Å². The van der Waals surface area contributed by atoms with Crippen LogP contribution < -0.4 is 4.90 Å². The second-order valence-corrected chi connectivity index (χ2v) is 5.88. The minimum atomic E-state index is -0.826. The van der Waals surface area contributed by atoms with Crippen molar-refractivity contribution in [1.82, 2.24) is 9.80 Å². The third-order valence-corrected chi connectivity index (χ3v) is 4.02. The van der Waals surface area contributed by atoms with Gasteiger partial charge in [0.25, 0.3) is 0 Å². The van der Waals surface area contributed by atoms with Crippen LogP contribution in [0.5, 0.6) is 0 Å². The number of hydrogen-bond donors (Lipinski definition) is 1. The van der Waals surface area contributed by atoms with E-state index < -0.39 is 5.97 Å². The molecule has 1 aliphatic rings. The predicted molar refractivity (Wildman–Crippen MR) is 85.2 cm³/mol. The van der Waals surface area contributed by atoms with E-state index in [-0.39, 0.29) is 6.54 Å². The van der Waals surface area contributed by atoms with E-state index in [4.69, 9.17) is 16.7 Å². The average molecular weight is 312 g/mol. The lowest BCUT2D eigenvalue weighted by atomic mass is 10.2. The van der Waals surface area contributed by atoms with Crippen LogP contribution in [0.3, 0.4) is 0 Å². The van der Waals surface area contributed by atoms with Gasteiger partial charge in [-0.3, -0.25) is 9.69 Å². The van der Waals surface area contributed by atoms with Gasteiger partial charge in [-0.2, -0.15) is 0 Å².